The fourth-order valence-electron chi connectivity index (χ4n) is 7.32. The lowest BCUT2D eigenvalue weighted by molar-refractivity contribution is -0.314. The molecule has 2 heterocycles. The summed E-state index contributed by atoms with van der Waals surface area (Å²) in [7, 11) is 0. The average molecular weight is 511 g/mol. The number of aromatic nitrogens is 1. The van der Waals surface area contributed by atoms with Gasteiger partial charge in [-0.25, -0.2) is 13.8 Å². The molecule has 4 fully saturated rings. The Bertz CT molecular complexity index is 914. The molecule has 1 saturated heterocycles. The maximum atomic E-state index is 14.2. The van der Waals surface area contributed by atoms with Crippen LogP contribution in [0.1, 0.15) is 38.5 Å². The van der Waals surface area contributed by atoms with Gasteiger partial charge in [-0.2, -0.15) is 0 Å². The molecular weight excluding hydrogens is 484 g/mol. The van der Waals surface area contributed by atoms with Crippen LogP contribution in [0.5, 0.6) is 0 Å². The SMILES string of the molecule is O=C([O-])[C@H]1[C@H](C(=O)Nc2ccc(Br)nc2)[C@@H]2CC[C@H]1C21CC1CCC1CCNCC1(F)F. The molecule has 6 nitrogen and oxygen atoms in total. The number of nitrogens with one attached hydrogen (secondary N) is 2. The molecule has 1 aromatic heterocycles. The average Bonchev–Trinajstić information content (AvgIpc) is 3.27. The quantitative estimate of drug-likeness (QED) is 0.573. The summed E-state index contributed by atoms with van der Waals surface area (Å²) in [6.07, 6.45) is 5.55. The largest absolute Gasteiger partial charge is 0.550 e. The van der Waals surface area contributed by atoms with Crippen LogP contribution in [-0.2, 0) is 9.59 Å². The fourth-order valence-corrected chi connectivity index (χ4v) is 7.56. The molecule has 32 heavy (non-hydrogen) atoms. The van der Waals surface area contributed by atoms with Crippen molar-refractivity contribution in [1.82, 2.24) is 10.3 Å². The number of piperidine rings is 1. The van der Waals surface area contributed by atoms with Crippen LogP contribution in [0, 0.1) is 40.9 Å². The van der Waals surface area contributed by atoms with Crippen molar-refractivity contribution in [3.8, 4) is 0 Å². The molecule has 2 N–H and O–H groups in total. The van der Waals surface area contributed by atoms with E-state index < -0.39 is 29.6 Å². The molecule has 1 amide bonds. The molecule has 3 saturated carbocycles. The number of carboxylic acid groups (broad SMARTS) is 1. The molecule has 174 valence electrons. The zero-order chi connectivity index (χ0) is 22.7. The van der Waals surface area contributed by atoms with Crippen LogP contribution in [-0.4, -0.2) is 35.9 Å². The number of aliphatic carboxylic acids is 1. The van der Waals surface area contributed by atoms with Crippen LogP contribution in [0.15, 0.2) is 22.9 Å². The number of hydrogen-bond donors (Lipinski definition) is 2. The number of hydrogen-bond acceptors (Lipinski definition) is 5. The highest BCUT2D eigenvalue weighted by Crippen LogP contribution is 2.78. The topological polar surface area (TPSA) is 94.1 Å². The van der Waals surface area contributed by atoms with Crippen LogP contribution >= 0.6 is 15.9 Å². The van der Waals surface area contributed by atoms with E-state index in [0.29, 0.717) is 36.1 Å². The summed E-state index contributed by atoms with van der Waals surface area (Å²) in [5.74, 6) is -6.15. The summed E-state index contributed by atoms with van der Waals surface area (Å²) < 4.78 is 29.1. The van der Waals surface area contributed by atoms with Crippen molar-refractivity contribution in [1.29, 1.82) is 0 Å². The first-order valence-electron chi connectivity index (χ1n) is 11.5. The molecular formula is C23H27BrF2N3O3-. The van der Waals surface area contributed by atoms with Crippen molar-refractivity contribution >= 4 is 33.5 Å². The number of amides is 1. The van der Waals surface area contributed by atoms with E-state index >= 15 is 0 Å². The number of anilines is 1. The third kappa shape index (κ3) is 3.56. The molecule has 9 heteroatoms. The first kappa shape index (κ1) is 22.2. The maximum Gasteiger partial charge on any atom is 0.263 e. The summed E-state index contributed by atoms with van der Waals surface area (Å²) in [5.41, 5.74) is 0.319. The van der Waals surface area contributed by atoms with Crippen LogP contribution in [0.3, 0.4) is 0 Å². The maximum absolute atomic E-state index is 14.2. The van der Waals surface area contributed by atoms with Gasteiger partial charge in [-0.1, -0.05) is 0 Å². The van der Waals surface area contributed by atoms with Crippen molar-refractivity contribution in [3.63, 3.8) is 0 Å². The number of rotatable bonds is 6. The second kappa shape index (κ2) is 8.01. The lowest BCUT2D eigenvalue weighted by Gasteiger charge is -2.32. The number of nitrogens with zero attached hydrogens (tertiary/aromatic N) is 1. The summed E-state index contributed by atoms with van der Waals surface area (Å²) in [6.45, 7) is 0.347. The van der Waals surface area contributed by atoms with Gasteiger partial charge in [0.15, 0.2) is 0 Å². The van der Waals surface area contributed by atoms with E-state index in [2.05, 4.69) is 31.5 Å². The Kier molecular flexibility index (Phi) is 5.55. The van der Waals surface area contributed by atoms with Crippen molar-refractivity contribution in [2.24, 2.45) is 40.9 Å². The van der Waals surface area contributed by atoms with Gasteiger partial charge >= 0.3 is 0 Å². The lowest BCUT2D eigenvalue weighted by atomic mass is 9.78. The second-order valence-corrected chi connectivity index (χ2v) is 10.8. The minimum Gasteiger partial charge on any atom is -0.550 e. The van der Waals surface area contributed by atoms with E-state index in [1.165, 1.54) is 6.20 Å². The minimum atomic E-state index is -2.69. The zero-order valence-corrected chi connectivity index (χ0v) is 19.2. The summed E-state index contributed by atoms with van der Waals surface area (Å²) in [4.78, 5) is 29.4. The van der Waals surface area contributed by atoms with Crippen LogP contribution in [0.2, 0.25) is 0 Å². The van der Waals surface area contributed by atoms with E-state index in [1.807, 2.05) is 0 Å². The van der Waals surface area contributed by atoms with E-state index in [4.69, 9.17) is 0 Å². The second-order valence-electron chi connectivity index (χ2n) is 10.0. The number of carbonyl (C=O) groups is 2. The van der Waals surface area contributed by atoms with E-state index in [0.717, 1.165) is 19.3 Å². The van der Waals surface area contributed by atoms with Gasteiger partial charge in [-0.05, 0) is 96.3 Å². The third-order valence-corrected chi connectivity index (χ3v) is 9.15. The van der Waals surface area contributed by atoms with Gasteiger partial charge in [-0.15, -0.1) is 0 Å². The van der Waals surface area contributed by atoms with Crippen molar-refractivity contribution in [2.45, 2.75) is 44.4 Å². The number of alkyl halides is 2. The smallest absolute Gasteiger partial charge is 0.263 e. The Morgan fingerprint density at radius 1 is 1.16 bits per heavy atom. The highest BCUT2D eigenvalue weighted by Gasteiger charge is 2.74. The number of halogens is 3. The van der Waals surface area contributed by atoms with Gasteiger partial charge < -0.3 is 20.5 Å². The van der Waals surface area contributed by atoms with Crippen LogP contribution in [0.4, 0.5) is 14.5 Å². The molecule has 7 atom stereocenters. The molecule has 3 unspecified atom stereocenters. The van der Waals surface area contributed by atoms with E-state index in [-0.39, 0.29) is 35.6 Å². The predicted octanol–water partition coefficient (Wildman–Crippen LogP) is 2.84. The third-order valence-electron chi connectivity index (χ3n) is 8.68. The molecule has 2 bridgehead atoms. The number of carbonyl (C=O) groups excluding carboxylic acids is 2. The molecule has 1 aromatic rings. The molecule has 0 radical (unpaired) electrons. The van der Waals surface area contributed by atoms with Gasteiger partial charge in [0.25, 0.3) is 5.92 Å². The molecule has 1 aliphatic heterocycles. The molecule has 0 aromatic carbocycles. The normalized spacial score (nSPS) is 39.2. The zero-order valence-electron chi connectivity index (χ0n) is 17.7. The van der Waals surface area contributed by atoms with Crippen LogP contribution < -0.4 is 15.7 Å². The Balaban J connectivity index is 1.30. The Morgan fingerprint density at radius 3 is 2.53 bits per heavy atom. The molecule has 4 aliphatic rings. The predicted molar refractivity (Wildman–Crippen MR) is 114 cm³/mol. The number of pyridine rings is 1. The molecule has 1 spiro atoms. The summed E-state index contributed by atoms with van der Waals surface area (Å²) >= 11 is 3.25. The Labute approximate surface area is 194 Å². The first-order valence-corrected chi connectivity index (χ1v) is 12.2. The summed E-state index contributed by atoms with van der Waals surface area (Å²) in [5, 5.41) is 17.7. The van der Waals surface area contributed by atoms with Crippen LogP contribution in [0.25, 0.3) is 0 Å². The highest BCUT2D eigenvalue weighted by molar-refractivity contribution is 9.10. The minimum absolute atomic E-state index is 0.0302. The van der Waals surface area contributed by atoms with Gasteiger partial charge in [0.05, 0.1) is 18.4 Å². The van der Waals surface area contributed by atoms with Gasteiger partial charge in [-0.3, -0.25) is 4.79 Å². The van der Waals surface area contributed by atoms with E-state index in [1.54, 1.807) is 12.1 Å². The number of carboxylic acids is 1. The lowest BCUT2D eigenvalue weighted by Crippen LogP contribution is -2.46. The Morgan fingerprint density at radius 2 is 1.88 bits per heavy atom. The van der Waals surface area contributed by atoms with Crippen molar-refractivity contribution in [3.05, 3.63) is 22.9 Å². The summed E-state index contributed by atoms with van der Waals surface area (Å²) in [6, 6.07) is 3.42. The first-order chi connectivity index (χ1) is 15.2. The highest BCUT2D eigenvalue weighted by atomic mass is 79.9. The molecule has 5 rings (SSSR count). The molecule has 3 aliphatic carbocycles. The standard InChI is InChI=1S/C23H28BrF2N3O3/c24-17-6-3-14(10-28-17)29-20(30)18-15-4-5-16(19(18)21(31)32)22(15)9-13(22)2-1-12-7-8-27-11-23(12,25)26/h3,6,10,12-13,15-16,18-19,27H,1-2,4-5,7-9,11H2,(H,29,30)(H,31,32)/p-1/t12?,13?,15-,16+,18+,19+,22?/m0/s1. The monoisotopic (exact) mass is 510 g/mol. The van der Waals surface area contributed by atoms with Crippen molar-refractivity contribution < 1.29 is 23.5 Å². The van der Waals surface area contributed by atoms with Crippen molar-refractivity contribution in [2.75, 3.05) is 18.4 Å². The fraction of sp³-hybridized carbons (Fsp3) is 0.696. The van der Waals surface area contributed by atoms with Gasteiger partial charge in [0.1, 0.15) is 4.60 Å². The Hall–Kier alpha value is -1.61. The van der Waals surface area contributed by atoms with Gasteiger partial charge in [0.2, 0.25) is 5.91 Å². The van der Waals surface area contributed by atoms with E-state index in [9.17, 15) is 23.5 Å². The van der Waals surface area contributed by atoms with Gasteiger partial charge in [0, 0.05) is 23.7 Å².